The van der Waals surface area contributed by atoms with Gasteiger partial charge in [0, 0.05) is 17.1 Å². The number of aliphatic hydroxyl groups excluding tert-OH is 2. The monoisotopic (exact) mass is 353 g/mol. The molecule has 2 atom stereocenters. The van der Waals surface area contributed by atoms with Crippen LogP contribution in [0.25, 0.3) is 10.9 Å². The number of hydrogen-bond acceptors (Lipinski definition) is 2. The molecule has 0 aliphatic rings. The molecule has 140 valence electrons. The van der Waals surface area contributed by atoms with Gasteiger partial charge >= 0.3 is 0 Å². The number of benzene rings is 1. The van der Waals surface area contributed by atoms with E-state index in [-0.39, 0.29) is 0 Å². The van der Waals surface area contributed by atoms with Crippen molar-refractivity contribution >= 4 is 10.9 Å². The molecule has 3 N–H and O–H groups in total. The van der Waals surface area contributed by atoms with Crippen LogP contribution in [0.15, 0.2) is 65.4 Å². The maximum atomic E-state index is 10.1. The van der Waals surface area contributed by atoms with Crippen LogP contribution in [0, 0.1) is 0 Å². The predicted octanol–water partition coefficient (Wildman–Crippen LogP) is 5.07. The molecule has 0 saturated carbocycles. The first-order valence-corrected chi connectivity index (χ1v) is 9.27. The Labute approximate surface area is 156 Å². The first-order chi connectivity index (χ1) is 12.4. The highest BCUT2D eigenvalue weighted by atomic mass is 16.3. The minimum Gasteiger partial charge on any atom is -0.386 e. The van der Waals surface area contributed by atoms with Gasteiger partial charge in [0.2, 0.25) is 0 Å². The van der Waals surface area contributed by atoms with Crippen LogP contribution in [0.4, 0.5) is 0 Å². The van der Waals surface area contributed by atoms with Gasteiger partial charge in [-0.3, -0.25) is 0 Å². The van der Waals surface area contributed by atoms with E-state index in [9.17, 15) is 10.2 Å². The smallest absolute Gasteiger partial charge is 0.104 e. The van der Waals surface area contributed by atoms with Crippen molar-refractivity contribution in [2.75, 3.05) is 0 Å². The van der Waals surface area contributed by atoms with Crippen LogP contribution >= 0.6 is 0 Å². The molecule has 1 heterocycles. The van der Waals surface area contributed by atoms with Gasteiger partial charge in [-0.1, -0.05) is 47.6 Å². The SMILES string of the molecule is CC(C)=C[C@H](O)[C@H](O)/C(C)=C/CC/C(C)=C/Cc1c[nH]c2ccccc12. The van der Waals surface area contributed by atoms with E-state index in [1.54, 1.807) is 6.08 Å². The Morgan fingerprint density at radius 1 is 1.08 bits per heavy atom. The van der Waals surface area contributed by atoms with Gasteiger partial charge < -0.3 is 15.2 Å². The molecular weight excluding hydrogens is 322 g/mol. The first kappa shape index (κ1) is 20.2. The third-order valence-corrected chi connectivity index (χ3v) is 4.64. The van der Waals surface area contributed by atoms with Gasteiger partial charge in [-0.05, 0) is 64.2 Å². The fourth-order valence-electron chi connectivity index (χ4n) is 3.04. The van der Waals surface area contributed by atoms with E-state index in [1.165, 1.54) is 22.0 Å². The molecule has 3 nitrogen and oxygen atoms in total. The van der Waals surface area contributed by atoms with Crippen molar-refractivity contribution in [3.8, 4) is 0 Å². The van der Waals surface area contributed by atoms with Crippen LogP contribution < -0.4 is 0 Å². The molecule has 26 heavy (non-hydrogen) atoms. The number of aliphatic hydroxyl groups is 2. The molecule has 0 unspecified atom stereocenters. The molecule has 0 radical (unpaired) electrons. The Morgan fingerprint density at radius 3 is 2.54 bits per heavy atom. The number of hydrogen-bond donors (Lipinski definition) is 3. The molecule has 1 aromatic carbocycles. The molecule has 0 spiro atoms. The highest BCUT2D eigenvalue weighted by molar-refractivity contribution is 5.83. The summed E-state index contributed by atoms with van der Waals surface area (Å²) in [5, 5.41) is 21.4. The molecular formula is C23H31NO2. The molecule has 0 aliphatic carbocycles. The fraction of sp³-hybridized carbons (Fsp3) is 0.391. The third-order valence-electron chi connectivity index (χ3n) is 4.64. The summed E-state index contributed by atoms with van der Waals surface area (Å²) in [5.41, 5.74) is 5.64. The number of aromatic nitrogens is 1. The Morgan fingerprint density at radius 2 is 1.81 bits per heavy atom. The maximum Gasteiger partial charge on any atom is 0.104 e. The van der Waals surface area contributed by atoms with Gasteiger partial charge in [0.05, 0.1) is 0 Å². The van der Waals surface area contributed by atoms with Gasteiger partial charge in [-0.15, -0.1) is 0 Å². The maximum absolute atomic E-state index is 10.1. The van der Waals surface area contributed by atoms with Crippen LogP contribution in [0.1, 0.15) is 46.1 Å². The van der Waals surface area contributed by atoms with Crippen LogP contribution in [0.5, 0.6) is 0 Å². The molecule has 0 saturated heterocycles. The van der Waals surface area contributed by atoms with Crippen molar-refractivity contribution in [3.63, 3.8) is 0 Å². The zero-order valence-corrected chi connectivity index (χ0v) is 16.3. The first-order valence-electron chi connectivity index (χ1n) is 9.27. The van der Waals surface area contributed by atoms with Crippen molar-refractivity contribution in [1.29, 1.82) is 0 Å². The number of H-pyrrole nitrogens is 1. The summed E-state index contributed by atoms with van der Waals surface area (Å²) in [4.78, 5) is 3.31. The summed E-state index contributed by atoms with van der Waals surface area (Å²) in [7, 11) is 0. The molecule has 0 amide bonds. The number of rotatable bonds is 8. The van der Waals surface area contributed by atoms with E-state index in [1.807, 2.05) is 32.9 Å². The quantitative estimate of drug-likeness (QED) is 0.580. The molecule has 3 heteroatoms. The molecule has 0 bridgehead atoms. The van der Waals surface area contributed by atoms with Gasteiger partial charge in [0.15, 0.2) is 0 Å². The van der Waals surface area contributed by atoms with Gasteiger partial charge in [0.1, 0.15) is 12.2 Å². The van der Waals surface area contributed by atoms with Crippen molar-refractivity contribution in [2.45, 2.75) is 59.2 Å². The largest absolute Gasteiger partial charge is 0.386 e. The molecule has 0 aliphatic heterocycles. The Bertz CT molecular complexity index is 806. The van der Waals surface area contributed by atoms with Gasteiger partial charge in [-0.25, -0.2) is 0 Å². The molecule has 2 rings (SSSR count). The summed E-state index contributed by atoms with van der Waals surface area (Å²) < 4.78 is 0. The molecule has 2 aromatic rings. The lowest BCUT2D eigenvalue weighted by Gasteiger charge is -2.16. The summed E-state index contributed by atoms with van der Waals surface area (Å²) in [6, 6.07) is 8.35. The average molecular weight is 354 g/mol. The summed E-state index contributed by atoms with van der Waals surface area (Å²) >= 11 is 0. The lowest BCUT2D eigenvalue weighted by molar-refractivity contribution is 0.0725. The number of fused-ring (bicyclic) bond motifs is 1. The van der Waals surface area contributed by atoms with E-state index in [0.29, 0.717) is 0 Å². The highest BCUT2D eigenvalue weighted by Gasteiger charge is 2.14. The normalized spacial score (nSPS) is 15.2. The standard InChI is InChI=1S/C23H31NO2/c1-16(2)14-22(25)23(26)18(4)9-7-8-17(3)12-13-19-15-24-21-11-6-5-10-20(19)21/h5-6,9-12,14-15,22-26H,7-8,13H2,1-4H3/b17-12+,18-9+/t22-,23+/m0/s1. The Balaban J connectivity index is 1.88. The van der Waals surface area contributed by atoms with Crippen molar-refractivity contribution in [1.82, 2.24) is 4.98 Å². The highest BCUT2D eigenvalue weighted by Crippen LogP contribution is 2.19. The summed E-state index contributed by atoms with van der Waals surface area (Å²) in [5.74, 6) is 0. The van der Waals surface area contributed by atoms with Crippen LogP contribution in [-0.4, -0.2) is 27.4 Å². The van der Waals surface area contributed by atoms with Gasteiger partial charge in [0.25, 0.3) is 0 Å². The Kier molecular flexibility index (Phi) is 7.43. The predicted molar refractivity (Wildman–Crippen MR) is 110 cm³/mol. The number of allylic oxidation sites excluding steroid dienone is 4. The minimum atomic E-state index is -0.838. The minimum absolute atomic E-state index is 0.819. The molecule has 1 aromatic heterocycles. The second kappa shape index (κ2) is 9.56. The fourth-order valence-corrected chi connectivity index (χ4v) is 3.04. The second-order valence-corrected chi connectivity index (χ2v) is 7.28. The van der Waals surface area contributed by atoms with Crippen LogP contribution in [-0.2, 0) is 6.42 Å². The number of para-hydroxylation sites is 1. The lowest BCUT2D eigenvalue weighted by Crippen LogP contribution is -2.25. The average Bonchev–Trinajstić information content (AvgIpc) is 3.01. The van der Waals surface area contributed by atoms with E-state index in [2.05, 4.69) is 42.4 Å². The number of aromatic amines is 1. The zero-order valence-electron chi connectivity index (χ0n) is 16.3. The van der Waals surface area contributed by atoms with Crippen LogP contribution in [0.3, 0.4) is 0 Å². The zero-order chi connectivity index (χ0) is 19.1. The third kappa shape index (κ3) is 5.72. The summed E-state index contributed by atoms with van der Waals surface area (Å²) in [6.45, 7) is 7.85. The lowest BCUT2D eigenvalue weighted by atomic mass is 10.0. The van der Waals surface area contributed by atoms with Crippen molar-refractivity contribution < 1.29 is 10.2 Å². The van der Waals surface area contributed by atoms with E-state index < -0.39 is 12.2 Å². The summed E-state index contributed by atoms with van der Waals surface area (Å²) in [6.07, 6.45) is 9.12. The van der Waals surface area contributed by atoms with Crippen LogP contribution in [0.2, 0.25) is 0 Å². The van der Waals surface area contributed by atoms with E-state index in [0.717, 1.165) is 30.4 Å². The molecule has 0 fully saturated rings. The van der Waals surface area contributed by atoms with Gasteiger partial charge in [-0.2, -0.15) is 0 Å². The van der Waals surface area contributed by atoms with Crippen molar-refractivity contribution in [2.24, 2.45) is 0 Å². The topological polar surface area (TPSA) is 56.2 Å². The Hall–Kier alpha value is -2.10. The van der Waals surface area contributed by atoms with E-state index >= 15 is 0 Å². The number of nitrogens with one attached hydrogen (secondary N) is 1. The van der Waals surface area contributed by atoms with E-state index in [4.69, 9.17) is 0 Å². The van der Waals surface area contributed by atoms with Crippen molar-refractivity contribution in [3.05, 3.63) is 71.0 Å². The second-order valence-electron chi connectivity index (χ2n) is 7.28.